The Balaban J connectivity index is 0.00000196. The van der Waals surface area contributed by atoms with Gasteiger partial charge in [0.2, 0.25) is 5.91 Å². The first-order chi connectivity index (χ1) is 6.74. The van der Waals surface area contributed by atoms with Crippen molar-refractivity contribution in [1.82, 2.24) is 5.32 Å². The molecule has 0 aliphatic carbocycles. The van der Waals surface area contributed by atoms with E-state index in [-0.39, 0.29) is 24.9 Å². The molecule has 0 fully saturated rings. The van der Waals surface area contributed by atoms with Crippen LogP contribution in [0, 0.1) is 0 Å². The summed E-state index contributed by atoms with van der Waals surface area (Å²) in [5.74, 6) is -0.337. The SMILES string of the molecule is Cl.N[C@H](CO)C(=O)NCc1ccccc1. The van der Waals surface area contributed by atoms with Crippen LogP contribution in [0.4, 0.5) is 0 Å². The van der Waals surface area contributed by atoms with Gasteiger partial charge in [0.1, 0.15) is 6.04 Å². The molecule has 0 radical (unpaired) electrons. The van der Waals surface area contributed by atoms with Gasteiger partial charge in [-0.15, -0.1) is 12.4 Å². The number of nitrogens with one attached hydrogen (secondary N) is 1. The van der Waals surface area contributed by atoms with E-state index in [1.807, 2.05) is 30.3 Å². The Bertz CT molecular complexity index is 293. The van der Waals surface area contributed by atoms with Crippen LogP contribution in [0.3, 0.4) is 0 Å². The molecule has 0 unspecified atom stereocenters. The molecule has 1 rings (SSSR count). The second kappa shape index (κ2) is 7.23. The van der Waals surface area contributed by atoms with Crippen LogP contribution in [0.2, 0.25) is 0 Å². The Morgan fingerprint density at radius 3 is 2.53 bits per heavy atom. The van der Waals surface area contributed by atoms with E-state index in [1.54, 1.807) is 0 Å². The van der Waals surface area contributed by atoms with Crippen molar-refractivity contribution in [2.24, 2.45) is 5.73 Å². The van der Waals surface area contributed by atoms with Crippen molar-refractivity contribution in [3.8, 4) is 0 Å². The molecule has 1 aromatic carbocycles. The summed E-state index contributed by atoms with van der Waals surface area (Å²) < 4.78 is 0. The smallest absolute Gasteiger partial charge is 0.239 e. The Kier molecular flexibility index (Phi) is 6.70. The number of rotatable bonds is 4. The number of hydrogen-bond donors (Lipinski definition) is 3. The molecule has 4 nitrogen and oxygen atoms in total. The molecule has 0 spiro atoms. The Labute approximate surface area is 94.9 Å². The van der Waals surface area contributed by atoms with Crippen LogP contribution >= 0.6 is 12.4 Å². The molecule has 1 amide bonds. The first-order valence-corrected chi connectivity index (χ1v) is 4.42. The van der Waals surface area contributed by atoms with E-state index in [0.717, 1.165) is 5.56 Å². The van der Waals surface area contributed by atoms with Crippen LogP contribution in [0.5, 0.6) is 0 Å². The van der Waals surface area contributed by atoms with Gasteiger partial charge in [-0.05, 0) is 5.56 Å². The number of aliphatic hydroxyl groups is 1. The van der Waals surface area contributed by atoms with Crippen LogP contribution in [-0.2, 0) is 11.3 Å². The number of amides is 1. The second-order valence-corrected chi connectivity index (χ2v) is 2.99. The molecular formula is C10H15ClN2O2. The summed E-state index contributed by atoms with van der Waals surface area (Å²) in [6.07, 6.45) is 0. The average Bonchev–Trinajstić information content (AvgIpc) is 2.26. The molecule has 0 saturated heterocycles. The molecule has 4 N–H and O–H groups in total. The van der Waals surface area contributed by atoms with Crippen LogP contribution in [-0.4, -0.2) is 23.7 Å². The monoisotopic (exact) mass is 230 g/mol. The summed E-state index contributed by atoms with van der Waals surface area (Å²) in [6.45, 7) is 0.105. The van der Waals surface area contributed by atoms with Crippen LogP contribution < -0.4 is 11.1 Å². The summed E-state index contributed by atoms with van der Waals surface area (Å²) in [5.41, 5.74) is 6.32. The van der Waals surface area contributed by atoms with E-state index >= 15 is 0 Å². The summed E-state index contributed by atoms with van der Waals surface area (Å²) in [6, 6.07) is 8.68. The lowest BCUT2D eigenvalue weighted by Crippen LogP contribution is -2.42. The highest BCUT2D eigenvalue weighted by Crippen LogP contribution is 1.96. The van der Waals surface area contributed by atoms with Gasteiger partial charge in [-0.25, -0.2) is 0 Å². The highest BCUT2D eigenvalue weighted by Gasteiger charge is 2.10. The Hall–Kier alpha value is -1.10. The van der Waals surface area contributed by atoms with E-state index in [4.69, 9.17) is 10.8 Å². The summed E-state index contributed by atoms with van der Waals surface area (Å²) in [7, 11) is 0. The second-order valence-electron chi connectivity index (χ2n) is 2.99. The van der Waals surface area contributed by atoms with Gasteiger partial charge in [0.15, 0.2) is 0 Å². The Morgan fingerprint density at radius 2 is 2.00 bits per heavy atom. The van der Waals surface area contributed by atoms with E-state index in [0.29, 0.717) is 6.54 Å². The third kappa shape index (κ3) is 4.78. The Morgan fingerprint density at radius 1 is 1.40 bits per heavy atom. The number of carbonyl (C=O) groups is 1. The topological polar surface area (TPSA) is 75.3 Å². The molecule has 5 heteroatoms. The van der Waals surface area contributed by atoms with Gasteiger partial charge in [0, 0.05) is 6.54 Å². The number of halogens is 1. The number of carbonyl (C=O) groups excluding carboxylic acids is 1. The molecular weight excluding hydrogens is 216 g/mol. The third-order valence-electron chi connectivity index (χ3n) is 1.84. The van der Waals surface area contributed by atoms with Crippen LogP contribution in [0.15, 0.2) is 30.3 Å². The molecule has 0 aromatic heterocycles. The van der Waals surface area contributed by atoms with Crippen LogP contribution in [0.25, 0.3) is 0 Å². The number of benzene rings is 1. The summed E-state index contributed by atoms with van der Waals surface area (Å²) in [5, 5.41) is 11.2. The summed E-state index contributed by atoms with van der Waals surface area (Å²) >= 11 is 0. The van der Waals surface area contributed by atoms with Crippen molar-refractivity contribution in [2.45, 2.75) is 12.6 Å². The molecule has 84 valence electrons. The first-order valence-electron chi connectivity index (χ1n) is 4.42. The van der Waals surface area contributed by atoms with Crippen molar-refractivity contribution in [3.05, 3.63) is 35.9 Å². The number of aliphatic hydroxyl groups excluding tert-OH is 1. The number of hydrogen-bond acceptors (Lipinski definition) is 3. The predicted molar refractivity (Wildman–Crippen MR) is 60.6 cm³/mol. The van der Waals surface area contributed by atoms with Gasteiger partial charge in [-0.1, -0.05) is 30.3 Å². The van der Waals surface area contributed by atoms with Crippen molar-refractivity contribution in [2.75, 3.05) is 6.61 Å². The first kappa shape index (κ1) is 13.9. The maximum atomic E-state index is 11.2. The van der Waals surface area contributed by atoms with Gasteiger partial charge >= 0.3 is 0 Å². The van der Waals surface area contributed by atoms with Gasteiger partial charge in [-0.3, -0.25) is 4.79 Å². The number of nitrogens with two attached hydrogens (primary N) is 1. The van der Waals surface area contributed by atoms with Crippen molar-refractivity contribution >= 4 is 18.3 Å². The minimum Gasteiger partial charge on any atom is -0.394 e. The molecule has 0 aliphatic rings. The van der Waals surface area contributed by atoms with E-state index in [2.05, 4.69) is 5.32 Å². The third-order valence-corrected chi connectivity index (χ3v) is 1.84. The van der Waals surface area contributed by atoms with Crippen molar-refractivity contribution in [3.63, 3.8) is 0 Å². The minimum absolute atomic E-state index is 0. The lowest BCUT2D eigenvalue weighted by molar-refractivity contribution is -0.123. The lowest BCUT2D eigenvalue weighted by Gasteiger charge is -2.09. The van der Waals surface area contributed by atoms with E-state index in [9.17, 15) is 4.79 Å². The zero-order valence-electron chi connectivity index (χ0n) is 8.22. The quantitative estimate of drug-likeness (QED) is 0.684. The standard InChI is InChI=1S/C10H14N2O2.ClH/c11-9(7-13)10(14)12-6-8-4-2-1-3-5-8;/h1-5,9,13H,6-7,11H2,(H,12,14);1H/t9-;/m1./s1. The zero-order chi connectivity index (χ0) is 10.4. The van der Waals surface area contributed by atoms with Crippen LogP contribution in [0.1, 0.15) is 5.56 Å². The van der Waals surface area contributed by atoms with Crippen molar-refractivity contribution < 1.29 is 9.90 Å². The molecule has 0 aliphatic heterocycles. The van der Waals surface area contributed by atoms with E-state index < -0.39 is 6.04 Å². The highest BCUT2D eigenvalue weighted by atomic mass is 35.5. The van der Waals surface area contributed by atoms with E-state index in [1.165, 1.54) is 0 Å². The molecule has 15 heavy (non-hydrogen) atoms. The van der Waals surface area contributed by atoms with Crippen molar-refractivity contribution in [1.29, 1.82) is 0 Å². The van der Waals surface area contributed by atoms with Gasteiger partial charge in [-0.2, -0.15) is 0 Å². The zero-order valence-corrected chi connectivity index (χ0v) is 9.04. The normalized spacial score (nSPS) is 11.3. The minimum atomic E-state index is -0.835. The molecule has 0 bridgehead atoms. The van der Waals surface area contributed by atoms with Gasteiger partial charge in [0.05, 0.1) is 6.61 Å². The highest BCUT2D eigenvalue weighted by molar-refractivity contribution is 5.85. The summed E-state index contributed by atoms with van der Waals surface area (Å²) in [4.78, 5) is 11.2. The molecule has 1 aromatic rings. The molecule has 0 saturated carbocycles. The maximum Gasteiger partial charge on any atom is 0.239 e. The molecule has 1 atom stereocenters. The largest absolute Gasteiger partial charge is 0.394 e. The lowest BCUT2D eigenvalue weighted by atomic mass is 10.2. The predicted octanol–water partition coefficient (Wildman–Crippen LogP) is 0.0442. The fourth-order valence-corrected chi connectivity index (χ4v) is 0.999. The maximum absolute atomic E-state index is 11.2. The fraction of sp³-hybridized carbons (Fsp3) is 0.300. The average molecular weight is 231 g/mol. The molecule has 0 heterocycles. The fourth-order valence-electron chi connectivity index (χ4n) is 0.999. The van der Waals surface area contributed by atoms with Gasteiger partial charge in [0.25, 0.3) is 0 Å². The van der Waals surface area contributed by atoms with Gasteiger partial charge < -0.3 is 16.2 Å².